The van der Waals surface area contributed by atoms with Crippen LogP contribution in [0.3, 0.4) is 0 Å². The fourth-order valence-electron chi connectivity index (χ4n) is 6.78. The number of hydrogen-bond acceptors (Lipinski definition) is 1. The Labute approximate surface area is 183 Å². The molecule has 0 saturated heterocycles. The van der Waals surface area contributed by atoms with Gasteiger partial charge in [-0.2, -0.15) is 0 Å². The van der Waals surface area contributed by atoms with Crippen molar-refractivity contribution in [2.24, 2.45) is 47.3 Å². The lowest BCUT2D eigenvalue weighted by Gasteiger charge is -2.41. The highest BCUT2D eigenvalue weighted by molar-refractivity contribution is 6.52. The van der Waals surface area contributed by atoms with E-state index in [1.165, 1.54) is 56.9 Å². The van der Waals surface area contributed by atoms with Gasteiger partial charge in [-0.25, -0.2) is 0 Å². The van der Waals surface area contributed by atoms with Crippen LogP contribution in [0.4, 0.5) is 0 Å². The summed E-state index contributed by atoms with van der Waals surface area (Å²) in [5, 5.41) is 0. The van der Waals surface area contributed by atoms with Gasteiger partial charge in [0.2, 0.25) is 0 Å². The zero-order valence-electron chi connectivity index (χ0n) is 21.0. The van der Waals surface area contributed by atoms with Crippen LogP contribution in [0.1, 0.15) is 100 Å². The van der Waals surface area contributed by atoms with Gasteiger partial charge in [-0.3, -0.25) is 0 Å². The summed E-state index contributed by atoms with van der Waals surface area (Å²) in [5.74, 6) is 8.07. The molecule has 0 radical (unpaired) electrons. The minimum Gasteiger partial charge on any atom is -0.564 e. The molecule has 168 valence electrons. The third-order valence-electron chi connectivity index (χ3n) is 8.44. The Hall–Kier alpha value is -0.395. The third kappa shape index (κ3) is 7.36. The minimum absolute atomic E-state index is 0.411. The first-order valence-corrected chi connectivity index (χ1v) is 13.1. The van der Waals surface area contributed by atoms with E-state index in [4.69, 9.17) is 4.65 Å². The molecular formula is C27H51BO. The smallest absolute Gasteiger partial charge is 0.357 e. The van der Waals surface area contributed by atoms with Gasteiger partial charge in [0, 0.05) is 0 Å². The highest BCUT2D eigenvalue weighted by Gasteiger charge is 2.38. The Kier molecular flexibility index (Phi) is 10.2. The van der Waals surface area contributed by atoms with Gasteiger partial charge in [-0.05, 0) is 99.0 Å². The zero-order chi connectivity index (χ0) is 21.6. The first kappa shape index (κ1) is 24.9. The maximum Gasteiger partial charge on any atom is 0.357 e. The number of hydrogen-bond donors (Lipinski definition) is 0. The second-order valence-corrected chi connectivity index (χ2v) is 11.5. The molecule has 2 heteroatoms. The van der Waals surface area contributed by atoms with Gasteiger partial charge in [0.25, 0.3) is 0 Å². The van der Waals surface area contributed by atoms with Crippen molar-refractivity contribution in [2.75, 3.05) is 0 Å². The van der Waals surface area contributed by atoms with Crippen molar-refractivity contribution in [1.82, 2.24) is 0 Å². The third-order valence-corrected chi connectivity index (χ3v) is 8.44. The normalized spacial score (nSPS) is 33.9. The zero-order valence-corrected chi connectivity index (χ0v) is 21.0. The molecule has 6 atom stereocenters. The van der Waals surface area contributed by atoms with Crippen molar-refractivity contribution in [3.05, 3.63) is 11.8 Å². The van der Waals surface area contributed by atoms with Crippen molar-refractivity contribution in [2.45, 2.75) is 113 Å². The van der Waals surface area contributed by atoms with E-state index in [2.05, 4.69) is 61.5 Å². The largest absolute Gasteiger partial charge is 0.564 e. The summed E-state index contributed by atoms with van der Waals surface area (Å²) in [7, 11) is 0. The molecule has 2 saturated carbocycles. The molecule has 0 N–H and O–H groups in total. The number of rotatable bonds is 9. The van der Waals surface area contributed by atoms with Gasteiger partial charge in [0.1, 0.15) is 0 Å². The van der Waals surface area contributed by atoms with E-state index in [0.29, 0.717) is 6.92 Å². The summed E-state index contributed by atoms with van der Waals surface area (Å²) in [6.07, 6.45) is 14.3. The molecule has 0 heterocycles. The highest BCUT2D eigenvalue weighted by atomic mass is 16.4. The molecular weight excluding hydrogens is 351 g/mol. The van der Waals surface area contributed by atoms with E-state index in [-0.39, 0.29) is 0 Å². The Balaban J connectivity index is 2.16. The molecule has 0 aliphatic heterocycles. The Morgan fingerprint density at radius 2 is 1.31 bits per heavy atom. The molecule has 0 aromatic carbocycles. The Bertz CT molecular complexity index is 463. The average molecular weight is 403 g/mol. The topological polar surface area (TPSA) is 9.23 Å². The molecule has 2 aliphatic carbocycles. The van der Waals surface area contributed by atoms with Gasteiger partial charge in [-0.1, -0.05) is 67.4 Å². The van der Waals surface area contributed by atoms with Crippen molar-refractivity contribution in [3.63, 3.8) is 0 Å². The molecule has 1 nitrogen and oxygen atoms in total. The molecule has 0 spiro atoms. The fraction of sp³-hybridized carbons (Fsp3) is 0.926. The Morgan fingerprint density at radius 3 is 1.66 bits per heavy atom. The number of allylic oxidation sites excluding steroid dienone is 2. The van der Waals surface area contributed by atoms with Crippen LogP contribution in [0.2, 0.25) is 12.6 Å². The monoisotopic (exact) mass is 402 g/mol. The lowest BCUT2D eigenvalue weighted by Crippen LogP contribution is -2.36. The summed E-state index contributed by atoms with van der Waals surface area (Å²) >= 11 is 0. The molecule has 0 bridgehead atoms. The summed E-state index contributed by atoms with van der Waals surface area (Å²) in [5.41, 5.74) is 0. The second kappa shape index (κ2) is 11.9. The van der Waals surface area contributed by atoms with Crippen LogP contribution in [0.25, 0.3) is 0 Å². The first-order valence-electron chi connectivity index (χ1n) is 13.1. The average Bonchev–Trinajstić information content (AvgIpc) is 2.65. The van der Waals surface area contributed by atoms with E-state index in [0.717, 1.165) is 53.8 Å². The second-order valence-electron chi connectivity index (χ2n) is 11.5. The van der Waals surface area contributed by atoms with Crippen LogP contribution in [-0.2, 0) is 4.65 Å². The lowest BCUT2D eigenvalue weighted by atomic mass is 9.48. The first-order chi connectivity index (χ1) is 13.7. The molecule has 0 unspecified atom stereocenters. The summed E-state index contributed by atoms with van der Waals surface area (Å²) in [6, 6.07) is 0. The molecule has 2 rings (SSSR count). The van der Waals surface area contributed by atoms with Gasteiger partial charge in [-0.15, -0.1) is 0 Å². The quantitative estimate of drug-likeness (QED) is 0.277. The fourth-order valence-corrected chi connectivity index (χ4v) is 6.78. The lowest BCUT2D eigenvalue weighted by molar-refractivity contribution is 0.145. The molecule has 0 aromatic rings. The maximum absolute atomic E-state index is 6.74. The van der Waals surface area contributed by atoms with Crippen LogP contribution in [0.15, 0.2) is 11.8 Å². The molecule has 0 amide bonds. The van der Waals surface area contributed by atoms with Crippen LogP contribution >= 0.6 is 0 Å². The SMILES string of the molecule is C/C=C(\CC)OB(C[C@H]1C[C@H](C)CC[C@H]1C(C)C)C[C@H]1C[C@H](C)CC[C@H]1C(C)C. The predicted octanol–water partition coefficient (Wildman–Crippen LogP) is 8.73. The van der Waals surface area contributed by atoms with Gasteiger partial charge in [0.15, 0.2) is 0 Å². The molecule has 2 aliphatic rings. The van der Waals surface area contributed by atoms with E-state index in [1.807, 2.05) is 0 Å². The Morgan fingerprint density at radius 1 is 0.862 bits per heavy atom. The summed E-state index contributed by atoms with van der Waals surface area (Å²) in [4.78, 5) is 0. The van der Waals surface area contributed by atoms with Crippen molar-refractivity contribution < 1.29 is 4.65 Å². The van der Waals surface area contributed by atoms with Crippen LogP contribution in [-0.4, -0.2) is 6.92 Å². The van der Waals surface area contributed by atoms with Gasteiger partial charge < -0.3 is 4.65 Å². The van der Waals surface area contributed by atoms with Crippen LogP contribution in [0.5, 0.6) is 0 Å². The van der Waals surface area contributed by atoms with Crippen molar-refractivity contribution in [3.8, 4) is 0 Å². The summed E-state index contributed by atoms with van der Waals surface area (Å²) in [6.45, 7) is 19.5. The molecule has 2 fully saturated rings. The molecule has 0 aromatic heterocycles. The van der Waals surface area contributed by atoms with E-state index in [1.54, 1.807) is 0 Å². The van der Waals surface area contributed by atoms with Crippen LogP contribution in [0, 0.1) is 47.3 Å². The van der Waals surface area contributed by atoms with Gasteiger partial charge in [0.05, 0.1) is 5.76 Å². The van der Waals surface area contributed by atoms with Crippen molar-refractivity contribution >= 4 is 6.92 Å². The van der Waals surface area contributed by atoms with Crippen LogP contribution < -0.4 is 0 Å². The highest BCUT2D eigenvalue weighted by Crippen LogP contribution is 2.44. The maximum atomic E-state index is 6.74. The van der Waals surface area contributed by atoms with E-state index < -0.39 is 0 Å². The minimum atomic E-state index is 0.411. The predicted molar refractivity (Wildman–Crippen MR) is 130 cm³/mol. The summed E-state index contributed by atoms with van der Waals surface area (Å²) < 4.78 is 6.74. The van der Waals surface area contributed by atoms with E-state index >= 15 is 0 Å². The molecule has 29 heavy (non-hydrogen) atoms. The van der Waals surface area contributed by atoms with Gasteiger partial charge >= 0.3 is 6.92 Å². The standard InChI is InChI=1S/C27H51BO/c1-9-25(10-2)29-28(17-23-15-21(7)11-13-26(23)19(3)4)18-24-16-22(8)12-14-27(24)20(5)6/h9,19-24,26-27H,10-18H2,1-8H3/b25-9+/t21-,22-,23-,24-,26+,27+/m1/s1. The van der Waals surface area contributed by atoms with E-state index in [9.17, 15) is 0 Å². The van der Waals surface area contributed by atoms with Crippen molar-refractivity contribution in [1.29, 1.82) is 0 Å².